The van der Waals surface area contributed by atoms with Crippen LogP contribution in [0.15, 0.2) is 12.3 Å². The van der Waals surface area contributed by atoms with Crippen LogP contribution < -0.4 is 5.32 Å². The second kappa shape index (κ2) is 5.65. The zero-order chi connectivity index (χ0) is 12.3. The normalized spacial score (nSPS) is 21.2. The lowest BCUT2D eigenvalue weighted by Gasteiger charge is -2.22. The Morgan fingerprint density at radius 2 is 2.41 bits per heavy atom. The molecule has 1 aromatic rings. The molecular formula is C13H20N2OS. The molecule has 2 rings (SSSR count). The Bertz CT molecular complexity index is 400. The molecule has 0 radical (unpaired) electrons. The lowest BCUT2D eigenvalue weighted by atomic mass is 10.1. The molecule has 17 heavy (non-hydrogen) atoms. The van der Waals surface area contributed by atoms with E-state index in [0.717, 1.165) is 30.1 Å². The average molecular weight is 252 g/mol. The summed E-state index contributed by atoms with van der Waals surface area (Å²) < 4.78 is 5.54. The molecule has 1 N–H and O–H groups in total. The summed E-state index contributed by atoms with van der Waals surface area (Å²) in [4.78, 5) is 5.80. The van der Waals surface area contributed by atoms with Crippen LogP contribution in [-0.4, -0.2) is 17.6 Å². The quantitative estimate of drug-likeness (QED) is 0.894. The van der Waals surface area contributed by atoms with Crippen molar-refractivity contribution < 1.29 is 4.74 Å². The van der Waals surface area contributed by atoms with Crippen LogP contribution in [0.4, 0.5) is 0 Å². The topological polar surface area (TPSA) is 34.2 Å². The number of hydrogen-bond acceptors (Lipinski definition) is 4. The third-order valence-electron chi connectivity index (χ3n) is 3.01. The van der Waals surface area contributed by atoms with Gasteiger partial charge >= 0.3 is 0 Å². The first-order valence-electron chi connectivity index (χ1n) is 6.14. The zero-order valence-electron chi connectivity index (χ0n) is 10.7. The van der Waals surface area contributed by atoms with Crippen molar-refractivity contribution in [1.82, 2.24) is 10.3 Å². The fourth-order valence-electron chi connectivity index (χ4n) is 2.08. The minimum absolute atomic E-state index is 0.316. The maximum Gasteiger partial charge on any atom is 0.110 e. The van der Waals surface area contributed by atoms with Crippen LogP contribution in [0.5, 0.6) is 0 Å². The van der Waals surface area contributed by atoms with E-state index in [4.69, 9.17) is 4.74 Å². The van der Waals surface area contributed by atoms with E-state index in [1.54, 1.807) is 11.3 Å². The van der Waals surface area contributed by atoms with Crippen LogP contribution in [-0.2, 0) is 4.74 Å². The zero-order valence-corrected chi connectivity index (χ0v) is 11.5. The van der Waals surface area contributed by atoms with Gasteiger partial charge in [0.2, 0.25) is 0 Å². The largest absolute Gasteiger partial charge is 0.497 e. The summed E-state index contributed by atoms with van der Waals surface area (Å²) in [6.45, 7) is 7.24. The van der Waals surface area contributed by atoms with Crippen molar-refractivity contribution >= 4 is 11.3 Å². The summed E-state index contributed by atoms with van der Waals surface area (Å²) >= 11 is 1.78. The van der Waals surface area contributed by atoms with Gasteiger partial charge in [0.25, 0.3) is 0 Å². The average Bonchev–Trinajstić information content (AvgIpc) is 2.67. The van der Waals surface area contributed by atoms with Crippen LogP contribution in [0, 0.1) is 13.8 Å². The van der Waals surface area contributed by atoms with Crippen LogP contribution in [0.25, 0.3) is 0 Å². The van der Waals surface area contributed by atoms with Crippen molar-refractivity contribution in [3.8, 4) is 0 Å². The monoisotopic (exact) mass is 252 g/mol. The molecule has 2 atom stereocenters. The Kier molecular flexibility index (Phi) is 4.18. The van der Waals surface area contributed by atoms with Gasteiger partial charge in [-0.25, -0.2) is 4.98 Å². The van der Waals surface area contributed by atoms with Crippen LogP contribution >= 0.6 is 11.3 Å². The van der Waals surface area contributed by atoms with Gasteiger partial charge in [-0.15, -0.1) is 11.3 Å². The molecule has 3 nitrogen and oxygen atoms in total. The van der Waals surface area contributed by atoms with Gasteiger partial charge in [-0.2, -0.15) is 0 Å². The number of aromatic nitrogens is 1. The Hall–Kier alpha value is -0.870. The molecule has 94 valence electrons. The predicted octanol–water partition coefficient (Wildman–Crippen LogP) is 3.10. The summed E-state index contributed by atoms with van der Waals surface area (Å²) in [6.07, 6.45) is 6.45. The second-order valence-corrected chi connectivity index (χ2v) is 5.75. The standard InChI is InChI=1S/C13H20N2OS/c1-9(13-10(2)15-11(3)17-13)14-8-12-6-4-5-7-16-12/h5,7,9,12,14H,4,6,8H2,1-3H3. The van der Waals surface area contributed by atoms with E-state index >= 15 is 0 Å². The lowest BCUT2D eigenvalue weighted by Crippen LogP contribution is -2.30. The van der Waals surface area contributed by atoms with Crippen LogP contribution in [0.1, 0.15) is 41.4 Å². The van der Waals surface area contributed by atoms with Crippen LogP contribution in [0.3, 0.4) is 0 Å². The molecule has 0 aromatic carbocycles. The molecule has 4 heteroatoms. The van der Waals surface area contributed by atoms with Crippen LogP contribution in [0.2, 0.25) is 0 Å². The van der Waals surface area contributed by atoms with E-state index in [2.05, 4.69) is 37.1 Å². The molecule has 0 saturated carbocycles. The lowest BCUT2D eigenvalue weighted by molar-refractivity contribution is 0.120. The first-order chi connectivity index (χ1) is 8.16. The Balaban J connectivity index is 1.86. The number of nitrogens with zero attached hydrogens (tertiary/aromatic N) is 1. The highest BCUT2D eigenvalue weighted by Crippen LogP contribution is 2.24. The van der Waals surface area contributed by atoms with Crippen molar-refractivity contribution in [3.63, 3.8) is 0 Å². The molecule has 1 aliphatic heterocycles. The number of ether oxygens (including phenoxy) is 1. The summed E-state index contributed by atoms with van der Waals surface area (Å²) in [6, 6.07) is 0.357. The van der Waals surface area contributed by atoms with Gasteiger partial charge in [0.05, 0.1) is 17.0 Å². The molecule has 0 fully saturated rings. The molecule has 0 saturated heterocycles. The van der Waals surface area contributed by atoms with Crippen molar-refractivity contribution in [2.75, 3.05) is 6.54 Å². The summed E-state index contributed by atoms with van der Waals surface area (Å²) in [7, 11) is 0. The molecule has 0 spiro atoms. The highest BCUT2D eigenvalue weighted by Gasteiger charge is 2.16. The van der Waals surface area contributed by atoms with Crippen molar-refractivity contribution in [2.45, 2.75) is 45.8 Å². The first-order valence-corrected chi connectivity index (χ1v) is 6.96. The number of nitrogens with one attached hydrogen (secondary N) is 1. The van der Waals surface area contributed by atoms with Crippen molar-refractivity contribution in [1.29, 1.82) is 0 Å². The molecule has 0 bridgehead atoms. The number of allylic oxidation sites excluding steroid dienone is 1. The first kappa shape index (κ1) is 12.6. The third-order valence-corrected chi connectivity index (χ3v) is 4.26. The van der Waals surface area contributed by atoms with Gasteiger partial charge < -0.3 is 10.1 Å². The molecule has 1 aliphatic rings. The van der Waals surface area contributed by atoms with Gasteiger partial charge in [0, 0.05) is 17.5 Å². The Morgan fingerprint density at radius 3 is 3.00 bits per heavy atom. The van der Waals surface area contributed by atoms with E-state index in [9.17, 15) is 0 Å². The number of thiazole rings is 1. The maximum atomic E-state index is 5.54. The maximum absolute atomic E-state index is 5.54. The van der Waals surface area contributed by atoms with Gasteiger partial charge in [0.15, 0.2) is 0 Å². The smallest absolute Gasteiger partial charge is 0.110 e. The summed E-state index contributed by atoms with van der Waals surface area (Å²) in [5.74, 6) is 0. The minimum atomic E-state index is 0.316. The second-order valence-electron chi connectivity index (χ2n) is 4.52. The van der Waals surface area contributed by atoms with Gasteiger partial charge in [-0.05, 0) is 39.7 Å². The number of rotatable bonds is 4. The van der Waals surface area contributed by atoms with Gasteiger partial charge in [-0.1, -0.05) is 0 Å². The van der Waals surface area contributed by atoms with Gasteiger partial charge in [-0.3, -0.25) is 0 Å². The fourth-order valence-corrected chi connectivity index (χ4v) is 3.04. The number of hydrogen-bond donors (Lipinski definition) is 1. The summed E-state index contributed by atoms with van der Waals surface area (Å²) in [5.41, 5.74) is 1.15. The molecule has 2 unspecified atom stereocenters. The fraction of sp³-hybridized carbons (Fsp3) is 0.615. The predicted molar refractivity (Wildman–Crippen MR) is 71.3 cm³/mol. The molecule has 0 aliphatic carbocycles. The van der Waals surface area contributed by atoms with E-state index in [1.807, 2.05) is 6.26 Å². The highest BCUT2D eigenvalue weighted by atomic mass is 32.1. The van der Waals surface area contributed by atoms with E-state index < -0.39 is 0 Å². The van der Waals surface area contributed by atoms with Crippen molar-refractivity contribution in [3.05, 3.63) is 27.9 Å². The molecular weight excluding hydrogens is 232 g/mol. The van der Waals surface area contributed by atoms with E-state index in [0.29, 0.717) is 12.1 Å². The van der Waals surface area contributed by atoms with E-state index in [-0.39, 0.29) is 0 Å². The molecule has 1 aromatic heterocycles. The number of aryl methyl sites for hydroxylation is 2. The third kappa shape index (κ3) is 3.30. The minimum Gasteiger partial charge on any atom is -0.497 e. The van der Waals surface area contributed by atoms with Gasteiger partial charge in [0.1, 0.15) is 6.10 Å². The van der Waals surface area contributed by atoms with Crippen molar-refractivity contribution in [2.24, 2.45) is 0 Å². The molecule has 2 heterocycles. The Morgan fingerprint density at radius 1 is 1.59 bits per heavy atom. The SMILES string of the molecule is Cc1nc(C)c(C(C)NCC2CCC=CO2)s1. The highest BCUT2D eigenvalue weighted by molar-refractivity contribution is 7.11. The Labute approximate surface area is 107 Å². The molecule has 0 amide bonds. The van der Waals surface area contributed by atoms with E-state index in [1.165, 1.54) is 4.88 Å². The summed E-state index contributed by atoms with van der Waals surface area (Å²) in [5, 5.41) is 4.68.